The van der Waals surface area contributed by atoms with E-state index in [4.69, 9.17) is 44.3 Å². The Morgan fingerprint density at radius 1 is 0.656 bits per heavy atom. The van der Waals surface area contributed by atoms with Gasteiger partial charge in [0.2, 0.25) is 0 Å². The summed E-state index contributed by atoms with van der Waals surface area (Å²) < 4.78 is 4.61. The molecule has 0 fully saturated rings. The summed E-state index contributed by atoms with van der Waals surface area (Å²) in [4.78, 5) is 0. The summed E-state index contributed by atoms with van der Waals surface area (Å²) in [6, 6.07) is 0. The van der Waals surface area contributed by atoms with E-state index in [9.17, 15) is 0 Å². The van der Waals surface area contributed by atoms with E-state index in [2.05, 4.69) is 115 Å². The maximum Gasteiger partial charge on any atom is 1.00 e. The van der Waals surface area contributed by atoms with E-state index in [0.717, 1.165) is 0 Å². The van der Waals surface area contributed by atoms with Crippen molar-refractivity contribution in [3.63, 3.8) is 0 Å². The van der Waals surface area contributed by atoms with Crippen LogP contribution in [0.4, 0.5) is 0 Å². The third-order valence-corrected chi connectivity index (χ3v) is 7.46. The van der Waals surface area contributed by atoms with Crippen molar-refractivity contribution < 1.29 is 59.1 Å². The molecule has 0 aromatic rings. The van der Waals surface area contributed by atoms with Crippen molar-refractivity contribution in [1.82, 2.24) is 9.13 Å². The molecular formula is C20H42Cl4N4Na2Si2. The standard InChI is InChI=1S/C10H21ClN2Si.C10H20N2.Cl3HSi.2Na/c1-9(2,3)12-7-8-13(14(12)11)10(4,5)6;1-9(2,3)11-7-8-12-10(4,5)6;1-4(2)3;;/h7-8,14H,1-6H3;7-8H,1-6H3;4H;;/q;-2;;2*+1/b;8-7-;;;. The molecule has 0 bridgehead atoms. The number of hydrogen-bond donors (Lipinski definition) is 0. The van der Waals surface area contributed by atoms with Crippen molar-refractivity contribution in [1.29, 1.82) is 0 Å². The van der Waals surface area contributed by atoms with Gasteiger partial charge in [-0.1, -0.05) is 41.5 Å². The van der Waals surface area contributed by atoms with Crippen molar-refractivity contribution in [2.45, 2.75) is 105 Å². The van der Waals surface area contributed by atoms with E-state index in [1.807, 2.05) is 0 Å². The molecule has 0 N–H and O–H groups in total. The molecule has 0 saturated carbocycles. The number of halogens is 4. The third kappa shape index (κ3) is 24.0. The fraction of sp³-hybridized carbons (Fsp3) is 0.800. The summed E-state index contributed by atoms with van der Waals surface area (Å²) in [5.74, 6) is 0. The quantitative estimate of drug-likeness (QED) is 0.368. The summed E-state index contributed by atoms with van der Waals surface area (Å²) in [6.45, 7) is 23.9. The second-order valence-electron chi connectivity index (χ2n) is 10.9. The summed E-state index contributed by atoms with van der Waals surface area (Å²) >= 11 is 21.4. The Morgan fingerprint density at radius 2 is 0.875 bits per heavy atom. The van der Waals surface area contributed by atoms with Gasteiger partial charge in [-0.2, -0.15) is 0 Å². The van der Waals surface area contributed by atoms with Crippen LogP contribution in [0, 0.1) is 0 Å². The molecular weight excluding hydrogens is 540 g/mol. The van der Waals surface area contributed by atoms with Gasteiger partial charge >= 0.3 is 74.3 Å². The van der Waals surface area contributed by atoms with E-state index in [-0.39, 0.29) is 81.3 Å². The first-order valence-corrected chi connectivity index (χ1v) is 18.0. The zero-order valence-electron chi connectivity index (χ0n) is 22.8. The molecule has 180 valence electrons. The van der Waals surface area contributed by atoms with Crippen LogP contribution < -0.4 is 59.1 Å². The number of nitrogens with zero attached hydrogens (tertiary/aromatic N) is 4. The normalized spacial score (nSPS) is 14.8. The molecule has 1 rings (SSSR count). The maximum atomic E-state index is 6.54. The zero-order valence-corrected chi connectivity index (χ0v) is 32.1. The fourth-order valence-electron chi connectivity index (χ4n) is 2.02. The number of hydrogen-bond acceptors (Lipinski definition) is 2. The SMILES string of the molecule is CC(C)(C)N1C=CN(C(C)(C)C)[SiH]1Cl.CC(C)(C)[N-]/C=C\[N-]C(C)(C)C.Cl[SiH](Cl)Cl.[Na+].[Na+]. The van der Waals surface area contributed by atoms with Crippen molar-refractivity contribution in [2.75, 3.05) is 0 Å². The minimum Gasteiger partial charge on any atom is -0.687 e. The fourth-order valence-corrected chi connectivity index (χ4v) is 6.15. The Morgan fingerprint density at radius 3 is 1.00 bits per heavy atom. The largest absolute Gasteiger partial charge is 1.00 e. The average Bonchev–Trinajstić information content (AvgIpc) is 2.83. The van der Waals surface area contributed by atoms with Crippen LogP contribution in [0.1, 0.15) is 83.1 Å². The molecule has 1 heterocycles. The van der Waals surface area contributed by atoms with E-state index in [0.29, 0.717) is 0 Å². The minimum absolute atomic E-state index is 0. The number of rotatable bonds is 2. The van der Waals surface area contributed by atoms with Gasteiger partial charge in [0.1, 0.15) is 0 Å². The molecule has 0 spiro atoms. The van der Waals surface area contributed by atoms with Gasteiger partial charge in [-0.3, -0.25) is 0 Å². The molecule has 32 heavy (non-hydrogen) atoms. The first-order chi connectivity index (χ1) is 13.1. The van der Waals surface area contributed by atoms with E-state index in [1.165, 1.54) is 0 Å². The molecule has 0 aromatic carbocycles. The maximum absolute atomic E-state index is 6.54. The van der Waals surface area contributed by atoms with Gasteiger partial charge in [0.15, 0.2) is 0 Å². The summed E-state index contributed by atoms with van der Waals surface area (Å²) in [5, 5.41) is 8.57. The van der Waals surface area contributed by atoms with Gasteiger partial charge < -0.3 is 19.8 Å². The Kier molecular flexibility index (Phi) is 22.9. The van der Waals surface area contributed by atoms with Crippen LogP contribution in [0.3, 0.4) is 0 Å². The monoisotopic (exact) mass is 580 g/mol. The molecule has 0 amide bonds. The molecule has 0 atom stereocenters. The molecule has 4 nitrogen and oxygen atoms in total. The van der Waals surface area contributed by atoms with Gasteiger partial charge in [0.05, 0.1) is 0 Å². The predicted octanol–water partition coefficient (Wildman–Crippen LogP) is 1.86. The van der Waals surface area contributed by atoms with Gasteiger partial charge in [0, 0.05) is 23.5 Å². The van der Waals surface area contributed by atoms with Crippen molar-refractivity contribution >= 4 is 59.5 Å². The molecule has 1 aliphatic rings. The predicted molar refractivity (Wildman–Crippen MR) is 145 cm³/mol. The molecule has 0 aromatic heterocycles. The zero-order chi connectivity index (χ0) is 24.6. The molecule has 1 aliphatic heterocycles. The van der Waals surface area contributed by atoms with Gasteiger partial charge in [0.25, 0.3) is 0 Å². The summed E-state index contributed by atoms with van der Waals surface area (Å²) in [5.41, 5.74) is 0.276. The van der Waals surface area contributed by atoms with Crippen LogP contribution in [0.2, 0.25) is 0 Å². The Hall–Kier alpha value is 2.27. The van der Waals surface area contributed by atoms with Crippen LogP contribution in [0.25, 0.3) is 10.6 Å². The molecule has 0 saturated heterocycles. The first kappa shape index (κ1) is 41.4. The Balaban J connectivity index is -0.000000201. The van der Waals surface area contributed by atoms with Gasteiger partial charge in [-0.15, -0.1) is 55.4 Å². The van der Waals surface area contributed by atoms with Crippen LogP contribution in [0.15, 0.2) is 24.8 Å². The summed E-state index contributed by atoms with van der Waals surface area (Å²) in [7, 11) is -1.50. The van der Waals surface area contributed by atoms with E-state index in [1.54, 1.807) is 12.4 Å². The van der Waals surface area contributed by atoms with E-state index < -0.39 is 15.2 Å². The van der Waals surface area contributed by atoms with Gasteiger partial charge in [-0.25, -0.2) is 12.4 Å². The Bertz CT molecular complexity index is 497. The minimum atomic E-state index is -1.72. The van der Waals surface area contributed by atoms with Crippen molar-refractivity contribution in [3.05, 3.63) is 35.4 Å². The summed E-state index contributed by atoms with van der Waals surface area (Å²) in [6.07, 6.45) is 7.81. The molecule has 0 radical (unpaired) electrons. The topological polar surface area (TPSA) is 34.7 Å². The third-order valence-electron chi connectivity index (χ3n) is 3.39. The van der Waals surface area contributed by atoms with Crippen LogP contribution in [0.5, 0.6) is 0 Å². The average molecular weight is 583 g/mol. The first-order valence-electron chi connectivity index (χ1n) is 9.98. The second-order valence-corrected chi connectivity index (χ2v) is 20.2. The van der Waals surface area contributed by atoms with Crippen molar-refractivity contribution in [2.24, 2.45) is 0 Å². The molecule has 0 unspecified atom stereocenters. The van der Waals surface area contributed by atoms with Gasteiger partial charge in [-0.05, 0) is 41.5 Å². The molecule has 0 aliphatic carbocycles. The van der Waals surface area contributed by atoms with Crippen LogP contribution in [-0.2, 0) is 0 Å². The smallest absolute Gasteiger partial charge is 0.687 e. The second kappa shape index (κ2) is 17.7. The van der Waals surface area contributed by atoms with Crippen LogP contribution in [-0.4, -0.2) is 46.4 Å². The Labute approximate surface area is 265 Å². The molecule has 12 heteroatoms. The van der Waals surface area contributed by atoms with Crippen molar-refractivity contribution in [3.8, 4) is 0 Å². The van der Waals surface area contributed by atoms with E-state index >= 15 is 0 Å². The van der Waals surface area contributed by atoms with Crippen LogP contribution >= 0.6 is 44.3 Å².